The number of hydrogen-bond acceptors (Lipinski definition) is 7. The van der Waals surface area contributed by atoms with Gasteiger partial charge in [0, 0.05) is 5.25 Å². The molecular weight excluding hydrogens is 553 g/mol. The lowest BCUT2D eigenvalue weighted by Gasteiger charge is -2.50. The number of halogens is 3. The molecule has 4 atom stereocenters. The zero-order chi connectivity index (χ0) is 26.8. The number of fused-ring (bicyclic) bond motifs is 1. The van der Waals surface area contributed by atoms with Crippen LogP contribution in [0.25, 0.3) is 0 Å². The highest BCUT2D eigenvalue weighted by Gasteiger charge is 2.54. The van der Waals surface area contributed by atoms with Gasteiger partial charge in [0.2, 0.25) is 9.70 Å². The van der Waals surface area contributed by atoms with E-state index in [1.54, 1.807) is 26.8 Å². The van der Waals surface area contributed by atoms with Crippen molar-refractivity contribution in [1.29, 1.82) is 0 Å². The first-order valence-corrected chi connectivity index (χ1v) is 13.3. The Bertz CT molecular complexity index is 1020. The van der Waals surface area contributed by atoms with Gasteiger partial charge < -0.3 is 20.1 Å². The Labute approximate surface area is 228 Å². The highest BCUT2D eigenvalue weighted by atomic mass is 35.6. The second-order valence-electron chi connectivity index (χ2n) is 9.44. The number of nitrogens with one attached hydrogen (secondary N) is 2. The minimum atomic E-state index is -1.79. The maximum Gasteiger partial charge on any atom is 0.408 e. The van der Waals surface area contributed by atoms with E-state index in [4.69, 9.17) is 44.3 Å². The number of alkyl halides is 3. The summed E-state index contributed by atoms with van der Waals surface area (Å²) in [7, 11) is 0. The fraction of sp³-hybridized carbons (Fsp3) is 0.565. The molecule has 36 heavy (non-hydrogen) atoms. The molecule has 1 aliphatic carbocycles. The van der Waals surface area contributed by atoms with E-state index in [9.17, 15) is 19.2 Å². The number of nitrogens with zero attached hydrogens (tertiary/aromatic N) is 1. The van der Waals surface area contributed by atoms with Crippen LogP contribution >= 0.6 is 46.6 Å². The van der Waals surface area contributed by atoms with Crippen LogP contribution in [-0.4, -0.2) is 67.5 Å². The van der Waals surface area contributed by atoms with Crippen LogP contribution in [0, 0.1) is 0 Å². The minimum absolute atomic E-state index is 0.0274. The fourth-order valence-electron chi connectivity index (χ4n) is 3.78. The van der Waals surface area contributed by atoms with Gasteiger partial charge in [0.1, 0.15) is 35.4 Å². The molecule has 3 unspecified atom stereocenters. The zero-order valence-electron chi connectivity index (χ0n) is 20.2. The molecule has 0 aromatic heterocycles. The Morgan fingerprint density at radius 1 is 1.22 bits per heavy atom. The summed E-state index contributed by atoms with van der Waals surface area (Å²) in [6.07, 6.45) is 7.64. The Hall–Kier alpha value is -1.88. The largest absolute Gasteiger partial charge is 0.456 e. The maximum atomic E-state index is 13.3. The predicted molar refractivity (Wildman–Crippen MR) is 139 cm³/mol. The van der Waals surface area contributed by atoms with E-state index in [-0.39, 0.29) is 10.9 Å². The average molecular weight is 581 g/mol. The van der Waals surface area contributed by atoms with Crippen molar-refractivity contribution in [1.82, 2.24) is 15.5 Å². The third kappa shape index (κ3) is 7.34. The molecule has 0 spiro atoms. The SMILES string of the molecule is CC1C=C(C(=O)OCC(Cl)(Cl)Cl)N2C(=O)C(NC(=O)C(NC(=O)OC(C)(C)C)C3=CCC=CC3)[C@@H]2S1. The number of β-lactam (4-membered cyclic amide) rings is 1. The van der Waals surface area contributed by atoms with E-state index >= 15 is 0 Å². The molecule has 3 aliphatic rings. The smallest absolute Gasteiger partial charge is 0.408 e. The number of carbonyl (C=O) groups excluding carboxylic acids is 4. The van der Waals surface area contributed by atoms with Crippen molar-refractivity contribution in [3.63, 3.8) is 0 Å². The number of alkyl carbamates (subject to hydrolysis) is 1. The van der Waals surface area contributed by atoms with E-state index < -0.39 is 57.3 Å². The van der Waals surface area contributed by atoms with Gasteiger partial charge in [-0.25, -0.2) is 9.59 Å². The van der Waals surface area contributed by atoms with Crippen molar-refractivity contribution in [3.8, 4) is 0 Å². The summed E-state index contributed by atoms with van der Waals surface area (Å²) < 4.78 is 8.57. The Morgan fingerprint density at radius 2 is 1.92 bits per heavy atom. The number of rotatable bonds is 6. The Morgan fingerprint density at radius 3 is 2.50 bits per heavy atom. The molecule has 9 nitrogen and oxygen atoms in total. The summed E-state index contributed by atoms with van der Waals surface area (Å²) in [6.45, 7) is 6.52. The van der Waals surface area contributed by atoms with E-state index in [1.165, 1.54) is 16.7 Å². The van der Waals surface area contributed by atoms with Crippen LogP contribution in [0.4, 0.5) is 4.79 Å². The van der Waals surface area contributed by atoms with Gasteiger partial charge in [-0.1, -0.05) is 53.0 Å². The third-order valence-electron chi connectivity index (χ3n) is 5.25. The summed E-state index contributed by atoms with van der Waals surface area (Å²) in [5.74, 6) is -1.85. The normalized spacial score (nSPS) is 24.5. The van der Waals surface area contributed by atoms with Gasteiger partial charge in [-0.15, -0.1) is 11.8 Å². The highest BCUT2D eigenvalue weighted by Crippen LogP contribution is 2.41. The summed E-state index contributed by atoms with van der Waals surface area (Å²) in [5, 5.41) is 4.66. The number of esters is 1. The van der Waals surface area contributed by atoms with Crippen LogP contribution in [-0.2, 0) is 23.9 Å². The van der Waals surface area contributed by atoms with Crippen LogP contribution in [0.15, 0.2) is 35.6 Å². The first-order chi connectivity index (χ1) is 16.7. The lowest BCUT2D eigenvalue weighted by atomic mass is 9.96. The molecule has 13 heteroatoms. The standard InChI is InChI=1S/C23H28Cl3N3O6S/c1-12-10-14(20(32)34-11-23(24,25)26)29-18(31)16(19(29)36-12)27-17(30)15(13-8-6-5-7-9-13)28-21(33)35-22(2,3)4/h5-6,9-10,12,15-16,19H,7-8,11H2,1-4H3,(H,27,30)(H,28,33)/t12?,15?,16?,19-/m0/s1. The summed E-state index contributed by atoms with van der Waals surface area (Å²) in [6, 6.07) is -1.93. The number of amides is 3. The molecular formula is C23H28Cl3N3O6S. The zero-order valence-corrected chi connectivity index (χ0v) is 23.3. The quantitative estimate of drug-likeness (QED) is 0.213. The number of thioether (sulfide) groups is 1. The van der Waals surface area contributed by atoms with Crippen molar-refractivity contribution in [3.05, 3.63) is 35.6 Å². The summed E-state index contributed by atoms with van der Waals surface area (Å²) in [5.41, 5.74) is -0.0387. The highest BCUT2D eigenvalue weighted by molar-refractivity contribution is 8.00. The molecule has 3 rings (SSSR count). The third-order valence-corrected chi connectivity index (χ3v) is 6.91. The first kappa shape index (κ1) is 28.7. The monoisotopic (exact) mass is 579 g/mol. The molecule has 1 saturated heterocycles. The Kier molecular flexibility index (Phi) is 8.96. The molecule has 2 heterocycles. The van der Waals surface area contributed by atoms with Gasteiger partial charge in [0.05, 0.1) is 0 Å². The van der Waals surface area contributed by atoms with Crippen LogP contribution in [0.5, 0.6) is 0 Å². The molecule has 198 valence electrons. The van der Waals surface area contributed by atoms with Crippen LogP contribution in [0.1, 0.15) is 40.5 Å². The van der Waals surface area contributed by atoms with E-state index in [2.05, 4.69) is 10.6 Å². The second kappa shape index (κ2) is 11.2. The number of ether oxygens (including phenoxy) is 2. The molecule has 0 radical (unpaired) electrons. The maximum absolute atomic E-state index is 13.3. The van der Waals surface area contributed by atoms with Gasteiger partial charge >= 0.3 is 12.1 Å². The molecule has 3 amide bonds. The van der Waals surface area contributed by atoms with Crippen molar-refractivity contribution >= 4 is 70.4 Å². The van der Waals surface area contributed by atoms with Gasteiger partial charge in [0.15, 0.2) is 0 Å². The lowest BCUT2D eigenvalue weighted by Crippen LogP contribution is -2.71. The van der Waals surface area contributed by atoms with Crippen molar-refractivity contribution < 1.29 is 28.7 Å². The van der Waals surface area contributed by atoms with Gasteiger partial charge in [-0.3, -0.25) is 14.5 Å². The molecule has 2 aliphatic heterocycles. The summed E-state index contributed by atoms with van der Waals surface area (Å²) >= 11 is 18.4. The fourth-order valence-corrected chi connectivity index (χ4v) is 5.28. The van der Waals surface area contributed by atoms with Crippen LogP contribution < -0.4 is 10.6 Å². The van der Waals surface area contributed by atoms with Crippen LogP contribution in [0.3, 0.4) is 0 Å². The second-order valence-corrected chi connectivity index (χ2v) is 13.5. The van der Waals surface area contributed by atoms with Crippen molar-refractivity contribution in [2.45, 2.75) is 72.6 Å². The summed E-state index contributed by atoms with van der Waals surface area (Å²) in [4.78, 5) is 52.6. The van der Waals surface area contributed by atoms with Gasteiger partial charge in [-0.2, -0.15) is 0 Å². The molecule has 0 saturated carbocycles. The molecule has 0 aromatic carbocycles. The number of allylic oxidation sites excluding steroid dienone is 3. The predicted octanol–water partition coefficient (Wildman–Crippen LogP) is 3.74. The van der Waals surface area contributed by atoms with Gasteiger partial charge in [0.25, 0.3) is 5.91 Å². The molecule has 0 bridgehead atoms. The molecule has 2 N–H and O–H groups in total. The first-order valence-electron chi connectivity index (χ1n) is 11.2. The minimum Gasteiger partial charge on any atom is -0.456 e. The topological polar surface area (TPSA) is 114 Å². The van der Waals surface area contributed by atoms with E-state index in [0.717, 1.165) is 0 Å². The van der Waals surface area contributed by atoms with Crippen molar-refractivity contribution in [2.24, 2.45) is 0 Å². The van der Waals surface area contributed by atoms with E-state index in [1.807, 2.05) is 25.2 Å². The number of hydrogen-bond donors (Lipinski definition) is 2. The average Bonchev–Trinajstić information content (AvgIpc) is 2.77. The molecule has 0 aromatic rings. The Balaban J connectivity index is 1.72. The van der Waals surface area contributed by atoms with E-state index in [0.29, 0.717) is 18.4 Å². The van der Waals surface area contributed by atoms with Crippen LogP contribution in [0.2, 0.25) is 0 Å². The lowest BCUT2D eigenvalue weighted by molar-refractivity contribution is -0.152. The molecule has 1 fully saturated rings. The number of carbonyl (C=O) groups is 4. The van der Waals surface area contributed by atoms with Crippen molar-refractivity contribution in [2.75, 3.05) is 6.61 Å². The van der Waals surface area contributed by atoms with Gasteiger partial charge in [-0.05, 0) is 52.2 Å².